The Kier molecular flexibility index (Phi) is 4.83. The Hall–Kier alpha value is -3.19. The number of pyridine rings is 1. The van der Waals surface area contributed by atoms with Crippen LogP contribution in [-0.2, 0) is 20.0 Å². The van der Waals surface area contributed by atoms with Gasteiger partial charge in [-0.25, -0.2) is 0 Å². The number of aromatic nitrogens is 1. The van der Waals surface area contributed by atoms with Crippen molar-refractivity contribution in [3.05, 3.63) is 86.0 Å². The molecule has 0 atom stereocenters. The number of hydrogen-bond donors (Lipinski definition) is 1. The average molecular weight is 393 g/mol. The molecule has 1 aromatic carbocycles. The van der Waals surface area contributed by atoms with Crippen LogP contribution in [0.4, 0.5) is 5.69 Å². The molecule has 0 unspecified atom stereocenters. The van der Waals surface area contributed by atoms with Gasteiger partial charge in [0.15, 0.2) is 0 Å². The van der Waals surface area contributed by atoms with E-state index < -0.39 is 5.91 Å². The van der Waals surface area contributed by atoms with Gasteiger partial charge in [0.1, 0.15) is 5.56 Å². The Balaban J connectivity index is 1.53. The molecule has 0 spiro atoms. The third-order valence-corrected chi connectivity index (χ3v) is 5.72. The lowest BCUT2D eigenvalue weighted by molar-refractivity contribution is 0.0739. The van der Waals surface area contributed by atoms with Crippen LogP contribution in [0.3, 0.4) is 0 Å². The fraction of sp³-hybridized carbons (Fsp3) is 0.190. The molecule has 3 aromatic rings. The molecule has 0 bridgehead atoms. The summed E-state index contributed by atoms with van der Waals surface area (Å²) >= 11 is 1.44. The van der Waals surface area contributed by atoms with Crippen molar-refractivity contribution in [1.29, 1.82) is 0 Å². The lowest BCUT2D eigenvalue weighted by atomic mass is 9.99. The van der Waals surface area contributed by atoms with Crippen LogP contribution in [0.25, 0.3) is 0 Å². The number of nitrogens with zero attached hydrogens (tertiary/aromatic N) is 2. The highest BCUT2D eigenvalue weighted by Crippen LogP contribution is 2.25. The molecule has 0 fully saturated rings. The number of anilines is 1. The molecule has 6 nitrogen and oxygen atoms in total. The summed E-state index contributed by atoms with van der Waals surface area (Å²) in [4.78, 5) is 39.8. The molecule has 3 heterocycles. The molecule has 0 radical (unpaired) electrons. The molecular weight excluding hydrogens is 374 g/mol. The molecule has 28 heavy (non-hydrogen) atoms. The fourth-order valence-electron chi connectivity index (χ4n) is 3.33. The van der Waals surface area contributed by atoms with Crippen molar-refractivity contribution in [3.63, 3.8) is 0 Å². The van der Waals surface area contributed by atoms with Gasteiger partial charge in [0.05, 0.1) is 4.88 Å². The second-order valence-electron chi connectivity index (χ2n) is 6.73. The van der Waals surface area contributed by atoms with Crippen molar-refractivity contribution in [1.82, 2.24) is 9.47 Å². The van der Waals surface area contributed by atoms with E-state index >= 15 is 0 Å². The molecule has 2 amide bonds. The molecule has 7 heteroatoms. The minimum atomic E-state index is -0.441. The van der Waals surface area contributed by atoms with Crippen molar-refractivity contribution in [2.75, 3.05) is 11.9 Å². The van der Waals surface area contributed by atoms with E-state index in [1.807, 2.05) is 40.6 Å². The SMILES string of the molecule is Cn1cccc(C(=O)Nc2ccc3c(c2)CN(C(=O)c2cccs2)CC3)c1=O. The molecule has 1 aliphatic heterocycles. The normalized spacial score (nSPS) is 13.1. The zero-order valence-electron chi connectivity index (χ0n) is 15.3. The van der Waals surface area contributed by atoms with E-state index in [-0.39, 0.29) is 17.0 Å². The number of rotatable bonds is 3. The van der Waals surface area contributed by atoms with E-state index in [9.17, 15) is 14.4 Å². The maximum atomic E-state index is 12.6. The second-order valence-corrected chi connectivity index (χ2v) is 7.68. The first-order chi connectivity index (χ1) is 13.5. The molecule has 0 aliphatic carbocycles. The molecule has 0 saturated heterocycles. The smallest absolute Gasteiger partial charge is 0.264 e. The first-order valence-electron chi connectivity index (χ1n) is 8.94. The monoisotopic (exact) mass is 393 g/mol. The number of nitrogens with one attached hydrogen (secondary N) is 1. The van der Waals surface area contributed by atoms with Gasteiger partial charge in [0, 0.05) is 32.0 Å². The Labute approximate surface area is 166 Å². The van der Waals surface area contributed by atoms with Crippen molar-refractivity contribution >= 4 is 28.8 Å². The van der Waals surface area contributed by atoms with E-state index in [0.717, 1.165) is 16.9 Å². The highest BCUT2D eigenvalue weighted by atomic mass is 32.1. The van der Waals surface area contributed by atoms with Crippen LogP contribution >= 0.6 is 11.3 Å². The van der Waals surface area contributed by atoms with Crippen molar-refractivity contribution in [2.24, 2.45) is 7.05 Å². The summed E-state index contributed by atoms with van der Waals surface area (Å²) < 4.78 is 1.37. The highest BCUT2D eigenvalue weighted by Gasteiger charge is 2.23. The third kappa shape index (κ3) is 3.48. The predicted octanol–water partition coefficient (Wildman–Crippen LogP) is 2.90. The van der Waals surface area contributed by atoms with Crippen LogP contribution in [0, 0.1) is 0 Å². The summed E-state index contributed by atoms with van der Waals surface area (Å²) in [7, 11) is 1.61. The van der Waals surface area contributed by atoms with E-state index in [1.165, 1.54) is 27.5 Å². The van der Waals surface area contributed by atoms with Crippen molar-refractivity contribution in [2.45, 2.75) is 13.0 Å². The Morgan fingerprint density at radius 2 is 1.96 bits per heavy atom. The zero-order valence-corrected chi connectivity index (χ0v) is 16.2. The molecule has 0 saturated carbocycles. The Morgan fingerprint density at radius 1 is 1.11 bits per heavy atom. The average Bonchev–Trinajstić information content (AvgIpc) is 3.23. The fourth-order valence-corrected chi connectivity index (χ4v) is 4.02. The van der Waals surface area contributed by atoms with E-state index in [2.05, 4.69) is 5.32 Å². The third-order valence-electron chi connectivity index (χ3n) is 4.86. The lowest BCUT2D eigenvalue weighted by Gasteiger charge is -2.29. The molecule has 142 valence electrons. The van der Waals surface area contributed by atoms with E-state index in [1.54, 1.807) is 19.3 Å². The summed E-state index contributed by atoms with van der Waals surface area (Å²) in [6.07, 6.45) is 2.39. The highest BCUT2D eigenvalue weighted by molar-refractivity contribution is 7.12. The Bertz CT molecular complexity index is 1100. The van der Waals surface area contributed by atoms with Crippen LogP contribution < -0.4 is 10.9 Å². The van der Waals surface area contributed by atoms with Gasteiger partial charge in [-0.15, -0.1) is 11.3 Å². The molecule has 1 aliphatic rings. The van der Waals surface area contributed by atoms with Gasteiger partial charge in [-0.05, 0) is 53.3 Å². The first kappa shape index (κ1) is 18.2. The van der Waals surface area contributed by atoms with E-state index in [4.69, 9.17) is 0 Å². The van der Waals surface area contributed by atoms with Crippen LogP contribution in [0.2, 0.25) is 0 Å². The van der Waals surface area contributed by atoms with Gasteiger partial charge >= 0.3 is 0 Å². The quantitative estimate of drug-likeness (QED) is 0.744. The first-order valence-corrected chi connectivity index (χ1v) is 9.82. The summed E-state index contributed by atoms with van der Waals surface area (Å²) in [5, 5.41) is 4.69. The zero-order chi connectivity index (χ0) is 19.7. The maximum absolute atomic E-state index is 12.6. The van der Waals surface area contributed by atoms with E-state index in [0.29, 0.717) is 18.8 Å². The second kappa shape index (κ2) is 7.44. The van der Waals surface area contributed by atoms with Crippen LogP contribution in [0.5, 0.6) is 0 Å². The van der Waals surface area contributed by atoms with Gasteiger partial charge in [-0.3, -0.25) is 14.4 Å². The molecule has 2 aromatic heterocycles. The van der Waals surface area contributed by atoms with Gasteiger partial charge in [-0.1, -0.05) is 12.1 Å². The maximum Gasteiger partial charge on any atom is 0.264 e. The van der Waals surface area contributed by atoms with Crippen LogP contribution in [-0.4, -0.2) is 27.8 Å². The molecule has 4 rings (SSSR count). The van der Waals surface area contributed by atoms with Gasteiger partial charge in [0.2, 0.25) is 0 Å². The minimum absolute atomic E-state index is 0.0304. The van der Waals surface area contributed by atoms with Crippen molar-refractivity contribution in [3.8, 4) is 0 Å². The molecule has 1 N–H and O–H groups in total. The number of benzene rings is 1. The number of hydrogen-bond acceptors (Lipinski definition) is 4. The topological polar surface area (TPSA) is 71.4 Å². The largest absolute Gasteiger partial charge is 0.333 e. The number of carbonyl (C=O) groups excluding carboxylic acids is 2. The van der Waals surface area contributed by atoms with Gasteiger partial charge in [-0.2, -0.15) is 0 Å². The number of carbonyl (C=O) groups is 2. The van der Waals surface area contributed by atoms with Crippen LogP contribution in [0.1, 0.15) is 31.2 Å². The number of aryl methyl sites for hydroxylation is 1. The number of amides is 2. The number of thiophene rings is 1. The summed E-state index contributed by atoms with van der Waals surface area (Å²) in [6.45, 7) is 1.18. The summed E-state index contributed by atoms with van der Waals surface area (Å²) in [5.41, 5.74) is 2.54. The molecular formula is C21H19N3O3S. The van der Waals surface area contributed by atoms with Crippen LogP contribution in [0.15, 0.2) is 58.8 Å². The standard InChI is InChI=1S/C21H19N3O3S/c1-23-9-2-4-17(20(23)26)19(25)22-16-7-6-14-8-10-24(13-15(14)12-16)21(27)18-5-3-11-28-18/h2-7,9,11-12H,8,10,13H2,1H3,(H,22,25). The minimum Gasteiger partial charge on any atom is -0.333 e. The van der Waals surface area contributed by atoms with Gasteiger partial charge < -0.3 is 14.8 Å². The van der Waals surface area contributed by atoms with Crippen molar-refractivity contribution < 1.29 is 9.59 Å². The Morgan fingerprint density at radius 3 is 2.75 bits per heavy atom. The number of fused-ring (bicyclic) bond motifs is 1. The lowest BCUT2D eigenvalue weighted by Crippen LogP contribution is -2.35. The summed E-state index contributed by atoms with van der Waals surface area (Å²) in [5.74, 6) is -0.411. The summed E-state index contributed by atoms with van der Waals surface area (Å²) in [6, 6.07) is 12.6. The van der Waals surface area contributed by atoms with Gasteiger partial charge in [0.25, 0.3) is 17.4 Å². The predicted molar refractivity (Wildman–Crippen MR) is 109 cm³/mol.